The minimum Gasteiger partial charge on any atom is -0.462 e. The smallest absolute Gasteiger partial charge is 0.306 e. The Morgan fingerprint density at radius 2 is 1.42 bits per heavy atom. The van der Waals surface area contributed by atoms with Crippen molar-refractivity contribution in [1.29, 1.82) is 0 Å². The van der Waals surface area contributed by atoms with Crippen molar-refractivity contribution in [2.45, 2.75) is 201 Å². The first-order chi connectivity index (χ1) is 25.4. The topological polar surface area (TPSA) is 110 Å². The summed E-state index contributed by atoms with van der Waals surface area (Å²) in [5.41, 5.74) is 0.668. The van der Waals surface area contributed by atoms with Gasteiger partial charge < -0.3 is 10.1 Å². The third kappa shape index (κ3) is 13.3. The van der Waals surface area contributed by atoms with Gasteiger partial charge in [-0.2, -0.15) is 8.42 Å². The molecule has 4 aliphatic carbocycles. The summed E-state index contributed by atoms with van der Waals surface area (Å²) in [6.45, 7) is 9.68. The molecule has 53 heavy (non-hydrogen) atoms. The predicted molar refractivity (Wildman–Crippen MR) is 217 cm³/mol. The quantitative estimate of drug-likeness (QED) is 0.0439. The maximum Gasteiger partial charge on any atom is 0.306 e. The molecule has 0 aromatic heterocycles. The van der Waals surface area contributed by atoms with E-state index in [1.165, 1.54) is 122 Å². The van der Waals surface area contributed by atoms with E-state index in [1.54, 1.807) is 0 Å². The highest BCUT2D eigenvalue weighted by molar-refractivity contribution is 7.85. The van der Waals surface area contributed by atoms with Crippen molar-refractivity contribution < 1.29 is 27.3 Å². The molecule has 4 fully saturated rings. The monoisotopic (exact) mass is 762 g/mol. The number of rotatable bonds is 24. The summed E-state index contributed by atoms with van der Waals surface area (Å²) in [4.78, 5) is 25.2. The third-order valence-corrected chi connectivity index (χ3v) is 15.8. The fraction of sp³-hybridized carbons (Fsp3) is 0.911. The van der Waals surface area contributed by atoms with Gasteiger partial charge in [0.1, 0.15) is 6.10 Å². The van der Waals surface area contributed by atoms with E-state index in [1.807, 2.05) is 0 Å². The fourth-order valence-corrected chi connectivity index (χ4v) is 12.4. The van der Waals surface area contributed by atoms with E-state index in [2.05, 4.69) is 45.2 Å². The van der Waals surface area contributed by atoms with E-state index in [0.717, 1.165) is 49.9 Å². The summed E-state index contributed by atoms with van der Waals surface area (Å²) in [6, 6.07) is 0. The Labute approximate surface area is 325 Å². The molecule has 0 saturated heterocycles. The fourth-order valence-electron chi connectivity index (χ4n) is 12.0. The summed E-state index contributed by atoms with van der Waals surface area (Å²) in [5, 5.41) is 2.65. The Balaban J connectivity index is 1.09. The van der Waals surface area contributed by atoms with Gasteiger partial charge >= 0.3 is 5.97 Å². The van der Waals surface area contributed by atoms with Crippen LogP contribution < -0.4 is 5.32 Å². The van der Waals surface area contributed by atoms with Gasteiger partial charge in [-0.05, 0) is 143 Å². The Morgan fingerprint density at radius 1 is 0.792 bits per heavy atom. The zero-order valence-electron chi connectivity index (χ0n) is 34.4. The molecule has 306 valence electrons. The van der Waals surface area contributed by atoms with Gasteiger partial charge in [-0.3, -0.25) is 14.1 Å². The number of esters is 1. The van der Waals surface area contributed by atoms with Gasteiger partial charge in [-0.15, -0.1) is 0 Å². The van der Waals surface area contributed by atoms with Crippen molar-refractivity contribution in [1.82, 2.24) is 5.32 Å². The maximum atomic E-state index is 12.9. The van der Waals surface area contributed by atoms with Crippen LogP contribution in [0.3, 0.4) is 0 Å². The lowest BCUT2D eigenvalue weighted by atomic mass is 9.44. The number of nitrogens with one attached hydrogen (secondary N) is 1. The van der Waals surface area contributed by atoms with Crippen LogP contribution in [0.2, 0.25) is 0 Å². The summed E-state index contributed by atoms with van der Waals surface area (Å²) in [6.07, 6.45) is 35.4. The molecule has 0 aromatic carbocycles. The van der Waals surface area contributed by atoms with Crippen LogP contribution in [0.1, 0.15) is 195 Å². The van der Waals surface area contributed by atoms with Gasteiger partial charge in [0.05, 0.1) is 5.75 Å². The number of ether oxygens (including phenoxy) is 1. The summed E-state index contributed by atoms with van der Waals surface area (Å²) >= 11 is 0. The molecule has 4 rings (SSSR count). The lowest BCUT2D eigenvalue weighted by molar-refractivity contribution is -0.162. The van der Waals surface area contributed by atoms with Crippen LogP contribution in [0.25, 0.3) is 0 Å². The zero-order chi connectivity index (χ0) is 38.3. The Hall–Kier alpha value is -1.41. The standard InChI is InChI=1S/C45H79NO6S/c1-5-6-7-8-9-10-11-12-13-14-15-16-17-18-19-20-21-43(48)52-37-28-30-44(3)36(34-37)23-24-38-40-26-25-39(45(40,4)31-29-41(38)44)35(2)22-27-42(47)46-32-33-53(49,50)51/h13-14,35-41H,5-12,15-34H2,1-4H3,(H,46,47)(H,49,50,51)/b14-13-. The number of unbranched alkanes of at least 4 members (excludes halogenated alkanes) is 12. The van der Waals surface area contributed by atoms with Crippen LogP contribution >= 0.6 is 0 Å². The van der Waals surface area contributed by atoms with Crippen molar-refractivity contribution in [3.8, 4) is 0 Å². The van der Waals surface area contributed by atoms with Crippen LogP contribution in [0, 0.1) is 46.3 Å². The predicted octanol–water partition coefficient (Wildman–Crippen LogP) is 11.4. The second-order valence-corrected chi connectivity index (χ2v) is 20.2. The summed E-state index contributed by atoms with van der Waals surface area (Å²) in [5.74, 6) is 3.46. The normalized spacial score (nSPS) is 31.8. The van der Waals surface area contributed by atoms with Gasteiger partial charge in [0.25, 0.3) is 10.1 Å². The lowest BCUT2D eigenvalue weighted by Crippen LogP contribution is -2.54. The van der Waals surface area contributed by atoms with Gasteiger partial charge in [0.2, 0.25) is 5.91 Å². The number of carbonyl (C=O) groups excluding carboxylic acids is 2. The van der Waals surface area contributed by atoms with Crippen LogP contribution in [0.5, 0.6) is 0 Å². The molecule has 4 saturated carbocycles. The summed E-state index contributed by atoms with van der Waals surface area (Å²) < 4.78 is 37.0. The highest BCUT2D eigenvalue weighted by atomic mass is 32.2. The minimum atomic E-state index is -4.06. The molecule has 9 atom stereocenters. The molecule has 0 aromatic rings. The van der Waals surface area contributed by atoms with Crippen molar-refractivity contribution in [3.63, 3.8) is 0 Å². The molecule has 8 heteroatoms. The molecule has 9 unspecified atom stereocenters. The largest absolute Gasteiger partial charge is 0.462 e. The number of amides is 1. The number of carbonyl (C=O) groups is 2. The van der Waals surface area contributed by atoms with Gasteiger partial charge in [0.15, 0.2) is 0 Å². The van der Waals surface area contributed by atoms with Crippen LogP contribution in [0.4, 0.5) is 0 Å². The first-order valence-corrected chi connectivity index (χ1v) is 24.0. The van der Waals surface area contributed by atoms with E-state index >= 15 is 0 Å². The van der Waals surface area contributed by atoms with E-state index in [4.69, 9.17) is 9.29 Å². The third-order valence-electron chi connectivity index (χ3n) is 15.1. The van der Waals surface area contributed by atoms with Gasteiger partial charge in [-0.1, -0.05) is 97.6 Å². The van der Waals surface area contributed by atoms with Gasteiger partial charge in [0, 0.05) is 19.4 Å². The molecular weight excluding hydrogens is 683 g/mol. The van der Waals surface area contributed by atoms with E-state index in [-0.39, 0.29) is 24.5 Å². The number of fused-ring (bicyclic) bond motifs is 5. The Morgan fingerprint density at radius 3 is 2.09 bits per heavy atom. The van der Waals surface area contributed by atoms with Crippen molar-refractivity contribution in [2.24, 2.45) is 46.3 Å². The molecular formula is C45H79NO6S. The van der Waals surface area contributed by atoms with Crippen molar-refractivity contribution in [2.75, 3.05) is 12.3 Å². The average Bonchev–Trinajstić information content (AvgIpc) is 3.47. The highest BCUT2D eigenvalue weighted by Crippen LogP contribution is 2.68. The van der Waals surface area contributed by atoms with Crippen LogP contribution in [0.15, 0.2) is 12.2 Å². The van der Waals surface area contributed by atoms with Crippen molar-refractivity contribution in [3.05, 3.63) is 12.2 Å². The number of allylic oxidation sites excluding steroid dienone is 2. The van der Waals surface area contributed by atoms with E-state index in [9.17, 15) is 18.0 Å². The second kappa shape index (κ2) is 21.8. The Bertz CT molecular complexity index is 1250. The molecule has 0 radical (unpaired) electrons. The molecule has 4 aliphatic rings. The Kier molecular flexibility index (Phi) is 18.2. The number of hydrogen-bond acceptors (Lipinski definition) is 5. The molecule has 7 nitrogen and oxygen atoms in total. The maximum absolute atomic E-state index is 12.9. The SMILES string of the molecule is CCCCCCCCC/C=C\CCCCCCCC(=O)OC1CCC2(C)C(CCC3C2CCC2(C)C(C(C)CCC(=O)NCCS(=O)(=O)O)CCC32)C1. The first-order valence-electron chi connectivity index (χ1n) is 22.4. The molecule has 0 spiro atoms. The van der Waals surface area contributed by atoms with Crippen LogP contribution in [-0.4, -0.2) is 43.2 Å². The van der Waals surface area contributed by atoms with Gasteiger partial charge in [-0.25, -0.2) is 0 Å². The molecule has 0 aliphatic heterocycles. The lowest BCUT2D eigenvalue weighted by Gasteiger charge is -2.61. The molecule has 0 bridgehead atoms. The number of hydrogen-bond donors (Lipinski definition) is 2. The van der Waals surface area contributed by atoms with E-state index < -0.39 is 15.9 Å². The average molecular weight is 762 g/mol. The summed E-state index contributed by atoms with van der Waals surface area (Å²) in [7, 11) is -4.06. The zero-order valence-corrected chi connectivity index (χ0v) is 35.2. The van der Waals surface area contributed by atoms with Crippen LogP contribution in [-0.2, 0) is 24.4 Å². The highest BCUT2D eigenvalue weighted by Gasteiger charge is 2.60. The molecule has 0 heterocycles. The second-order valence-electron chi connectivity index (χ2n) is 18.6. The molecule has 1 amide bonds. The van der Waals surface area contributed by atoms with Crippen molar-refractivity contribution >= 4 is 22.0 Å². The van der Waals surface area contributed by atoms with E-state index in [0.29, 0.717) is 41.4 Å². The molecule has 2 N–H and O–H groups in total. The first kappa shape index (κ1) is 44.3. The minimum absolute atomic E-state index is 0.0238.